The normalized spacial score (nSPS) is 16.4. The zero-order valence-corrected chi connectivity index (χ0v) is 13.9. The molecule has 0 spiro atoms. The maximum Gasteiger partial charge on any atom is 0.141 e. The zero-order valence-electron chi connectivity index (χ0n) is 13.9. The smallest absolute Gasteiger partial charge is 0.141 e. The van der Waals surface area contributed by atoms with E-state index in [0.29, 0.717) is 11.7 Å². The van der Waals surface area contributed by atoms with Gasteiger partial charge in [0, 0.05) is 11.3 Å². The number of hydrogen-bond acceptors (Lipinski definition) is 1. The van der Waals surface area contributed by atoms with Crippen LogP contribution in [0.5, 0.6) is 0 Å². The average molecular weight is 254 g/mol. The molecular formula is C17H34O. The van der Waals surface area contributed by atoms with E-state index in [-0.39, 0.29) is 16.7 Å². The van der Waals surface area contributed by atoms with Crippen molar-refractivity contribution < 1.29 is 4.79 Å². The van der Waals surface area contributed by atoms with Gasteiger partial charge in [0.1, 0.15) is 5.78 Å². The van der Waals surface area contributed by atoms with Crippen molar-refractivity contribution in [1.82, 2.24) is 0 Å². The van der Waals surface area contributed by atoms with Crippen molar-refractivity contribution in [3.63, 3.8) is 0 Å². The predicted molar refractivity (Wildman–Crippen MR) is 80.7 cm³/mol. The standard InChI is InChI=1S/C17H34O/c1-9-11-12-17(7,8)15(18)14(10-2)13(3)16(4,5)6/h13-14H,9-12H2,1-8H3. The summed E-state index contributed by atoms with van der Waals surface area (Å²) < 4.78 is 0. The molecule has 1 heteroatoms. The Balaban J connectivity index is 4.91. The molecular weight excluding hydrogens is 220 g/mol. The fraction of sp³-hybridized carbons (Fsp3) is 0.941. The van der Waals surface area contributed by atoms with Crippen LogP contribution in [0.4, 0.5) is 0 Å². The quantitative estimate of drug-likeness (QED) is 0.588. The third-order valence-corrected chi connectivity index (χ3v) is 4.57. The number of hydrogen-bond donors (Lipinski definition) is 0. The second-order valence-electron chi connectivity index (χ2n) is 7.52. The van der Waals surface area contributed by atoms with Crippen molar-refractivity contribution >= 4 is 5.78 Å². The molecule has 0 N–H and O–H groups in total. The summed E-state index contributed by atoms with van der Waals surface area (Å²) in [5, 5.41) is 0. The lowest BCUT2D eigenvalue weighted by Gasteiger charge is -2.37. The van der Waals surface area contributed by atoms with Gasteiger partial charge < -0.3 is 0 Å². The molecule has 0 aromatic carbocycles. The molecule has 0 saturated heterocycles. The first-order valence-electron chi connectivity index (χ1n) is 7.62. The summed E-state index contributed by atoms with van der Waals surface area (Å²) in [6.07, 6.45) is 4.31. The Bertz CT molecular complexity index is 257. The second kappa shape index (κ2) is 6.73. The predicted octanol–water partition coefficient (Wildman–Crippen LogP) is 5.48. The van der Waals surface area contributed by atoms with Crippen molar-refractivity contribution in [3.05, 3.63) is 0 Å². The molecule has 18 heavy (non-hydrogen) atoms. The topological polar surface area (TPSA) is 17.1 Å². The van der Waals surface area contributed by atoms with Crippen molar-refractivity contribution in [3.8, 4) is 0 Å². The fourth-order valence-corrected chi connectivity index (χ4v) is 2.61. The molecule has 0 aromatic rings. The summed E-state index contributed by atoms with van der Waals surface area (Å²) in [5.41, 5.74) is 0.0490. The van der Waals surface area contributed by atoms with Crippen LogP contribution in [0, 0.1) is 22.7 Å². The lowest BCUT2D eigenvalue weighted by Crippen LogP contribution is -2.38. The molecule has 1 nitrogen and oxygen atoms in total. The molecule has 0 fully saturated rings. The molecule has 0 aliphatic heterocycles. The fourth-order valence-electron chi connectivity index (χ4n) is 2.61. The van der Waals surface area contributed by atoms with Gasteiger partial charge in [-0.3, -0.25) is 4.79 Å². The Labute approximate surface area is 115 Å². The van der Waals surface area contributed by atoms with Gasteiger partial charge in [-0.25, -0.2) is 0 Å². The van der Waals surface area contributed by atoms with Crippen LogP contribution in [0.15, 0.2) is 0 Å². The molecule has 0 saturated carbocycles. The second-order valence-corrected chi connectivity index (χ2v) is 7.52. The Morgan fingerprint density at radius 1 is 1.06 bits per heavy atom. The summed E-state index contributed by atoms with van der Waals surface area (Å²) in [5.74, 6) is 1.12. The molecule has 0 heterocycles. The van der Waals surface area contributed by atoms with Crippen LogP contribution in [-0.4, -0.2) is 5.78 Å². The van der Waals surface area contributed by atoms with Gasteiger partial charge in [0.2, 0.25) is 0 Å². The van der Waals surface area contributed by atoms with Crippen molar-refractivity contribution in [1.29, 1.82) is 0 Å². The maximum absolute atomic E-state index is 12.8. The van der Waals surface area contributed by atoms with E-state index in [0.717, 1.165) is 19.3 Å². The first-order chi connectivity index (χ1) is 8.07. The van der Waals surface area contributed by atoms with Crippen LogP contribution in [0.1, 0.15) is 81.1 Å². The molecule has 0 aromatic heterocycles. The van der Waals surface area contributed by atoms with Gasteiger partial charge in [-0.15, -0.1) is 0 Å². The minimum Gasteiger partial charge on any atom is -0.299 e. The highest BCUT2D eigenvalue weighted by atomic mass is 16.1. The molecule has 2 unspecified atom stereocenters. The third-order valence-electron chi connectivity index (χ3n) is 4.57. The number of carbonyl (C=O) groups is 1. The minimum atomic E-state index is -0.157. The van der Waals surface area contributed by atoms with E-state index in [1.807, 2.05) is 0 Å². The maximum atomic E-state index is 12.8. The van der Waals surface area contributed by atoms with Crippen LogP contribution in [-0.2, 0) is 4.79 Å². The Morgan fingerprint density at radius 2 is 1.56 bits per heavy atom. The van der Waals surface area contributed by atoms with E-state index in [9.17, 15) is 4.79 Å². The van der Waals surface area contributed by atoms with E-state index in [4.69, 9.17) is 0 Å². The lowest BCUT2D eigenvalue weighted by atomic mass is 9.66. The van der Waals surface area contributed by atoms with E-state index in [1.54, 1.807) is 0 Å². The summed E-state index contributed by atoms with van der Waals surface area (Å²) in [6, 6.07) is 0. The molecule has 0 aliphatic carbocycles. The van der Waals surface area contributed by atoms with Gasteiger partial charge in [0.05, 0.1) is 0 Å². The highest BCUT2D eigenvalue weighted by Gasteiger charge is 2.38. The number of Topliss-reactive ketones (excluding diaryl/α,β-unsaturated/α-hetero) is 1. The molecule has 0 amide bonds. The SMILES string of the molecule is CCCCC(C)(C)C(=O)C(CC)C(C)C(C)(C)C. The largest absolute Gasteiger partial charge is 0.299 e. The number of unbranched alkanes of at least 4 members (excludes halogenated alkanes) is 1. The summed E-state index contributed by atoms with van der Waals surface area (Å²) >= 11 is 0. The summed E-state index contributed by atoms with van der Waals surface area (Å²) in [4.78, 5) is 12.8. The van der Waals surface area contributed by atoms with Crippen LogP contribution in [0.2, 0.25) is 0 Å². The Morgan fingerprint density at radius 3 is 1.89 bits per heavy atom. The molecule has 108 valence electrons. The Hall–Kier alpha value is -0.330. The molecule has 0 aliphatic rings. The highest BCUT2D eigenvalue weighted by molar-refractivity contribution is 5.86. The minimum absolute atomic E-state index is 0.157. The van der Waals surface area contributed by atoms with Crippen LogP contribution >= 0.6 is 0 Å². The van der Waals surface area contributed by atoms with E-state index >= 15 is 0 Å². The van der Waals surface area contributed by atoms with Gasteiger partial charge in [-0.2, -0.15) is 0 Å². The first kappa shape index (κ1) is 17.7. The van der Waals surface area contributed by atoms with E-state index in [2.05, 4.69) is 55.4 Å². The monoisotopic (exact) mass is 254 g/mol. The highest BCUT2D eigenvalue weighted by Crippen LogP contribution is 2.39. The summed E-state index contributed by atoms with van der Waals surface area (Å²) in [6.45, 7) is 17.6. The van der Waals surface area contributed by atoms with Gasteiger partial charge in [-0.1, -0.05) is 68.2 Å². The average Bonchev–Trinajstić information content (AvgIpc) is 2.25. The summed E-state index contributed by atoms with van der Waals surface area (Å²) in [7, 11) is 0. The van der Waals surface area contributed by atoms with Crippen LogP contribution in [0.3, 0.4) is 0 Å². The van der Waals surface area contributed by atoms with Crippen molar-refractivity contribution in [2.45, 2.75) is 81.1 Å². The van der Waals surface area contributed by atoms with E-state index in [1.165, 1.54) is 6.42 Å². The molecule has 0 bridgehead atoms. The Kier molecular flexibility index (Phi) is 6.60. The number of ketones is 1. The third kappa shape index (κ3) is 4.74. The van der Waals surface area contributed by atoms with Gasteiger partial charge in [-0.05, 0) is 24.2 Å². The van der Waals surface area contributed by atoms with Gasteiger partial charge in [0.15, 0.2) is 0 Å². The van der Waals surface area contributed by atoms with Gasteiger partial charge in [0.25, 0.3) is 0 Å². The molecule has 0 rings (SSSR count). The van der Waals surface area contributed by atoms with Crippen molar-refractivity contribution in [2.24, 2.45) is 22.7 Å². The van der Waals surface area contributed by atoms with Gasteiger partial charge >= 0.3 is 0 Å². The number of carbonyl (C=O) groups excluding carboxylic acids is 1. The lowest BCUT2D eigenvalue weighted by molar-refractivity contribution is -0.134. The number of rotatable bonds is 7. The molecule has 2 atom stereocenters. The van der Waals surface area contributed by atoms with Crippen LogP contribution in [0.25, 0.3) is 0 Å². The molecule has 0 radical (unpaired) electrons. The van der Waals surface area contributed by atoms with Crippen LogP contribution < -0.4 is 0 Å². The van der Waals surface area contributed by atoms with Crippen molar-refractivity contribution in [2.75, 3.05) is 0 Å². The van der Waals surface area contributed by atoms with E-state index < -0.39 is 0 Å². The zero-order chi connectivity index (χ0) is 14.6. The first-order valence-corrected chi connectivity index (χ1v) is 7.62.